The van der Waals surface area contributed by atoms with Crippen molar-refractivity contribution < 1.29 is 14.3 Å². The monoisotopic (exact) mass is 417 g/mol. The van der Waals surface area contributed by atoms with Crippen molar-refractivity contribution in [2.24, 2.45) is 0 Å². The SMILES string of the molecule is CCCN(CCC)C(=O)CCCC(=O)N1CCN(Cc2ccc(OCC)cc2)CC1. The minimum Gasteiger partial charge on any atom is -0.494 e. The van der Waals surface area contributed by atoms with Crippen molar-refractivity contribution >= 4 is 11.8 Å². The highest BCUT2D eigenvalue weighted by Crippen LogP contribution is 2.15. The summed E-state index contributed by atoms with van der Waals surface area (Å²) in [6.45, 7) is 12.7. The van der Waals surface area contributed by atoms with Gasteiger partial charge in [-0.25, -0.2) is 0 Å². The van der Waals surface area contributed by atoms with Crippen molar-refractivity contribution in [1.82, 2.24) is 14.7 Å². The maximum atomic E-state index is 12.5. The Bertz CT molecular complexity index is 634. The number of amides is 2. The van der Waals surface area contributed by atoms with Gasteiger partial charge >= 0.3 is 0 Å². The second-order valence-corrected chi connectivity index (χ2v) is 7.97. The molecule has 1 aromatic rings. The number of carbonyl (C=O) groups excluding carboxylic acids is 2. The van der Waals surface area contributed by atoms with Crippen LogP contribution < -0.4 is 4.74 Å². The second kappa shape index (κ2) is 13.3. The molecule has 6 nitrogen and oxygen atoms in total. The lowest BCUT2D eigenvalue weighted by atomic mass is 10.1. The molecular weight excluding hydrogens is 378 g/mol. The summed E-state index contributed by atoms with van der Waals surface area (Å²) in [6, 6.07) is 8.25. The molecule has 1 fully saturated rings. The van der Waals surface area contributed by atoms with Crippen LogP contribution in [0.3, 0.4) is 0 Å². The van der Waals surface area contributed by atoms with Gasteiger partial charge in [0.15, 0.2) is 0 Å². The number of rotatable bonds is 12. The summed E-state index contributed by atoms with van der Waals surface area (Å²) in [5.74, 6) is 1.27. The van der Waals surface area contributed by atoms with Crippen LogP contribution in [0.5, 0.6) is 5.75 Å². The normalized spacial score (nSPS) is 14.6. The highest BCUT2D eigenvalue weighted by molar-refractivity contribution is 5.79. The fraction of sp³-hybridized carbons (Fsp3) is 0.667. The van der Waals surface area contributed by atoms with Crippen LogP contribution in [-0.4, -0.2) is 72.4 Å². The maximum Gasteiger partial charge on any atom is 0.222 e. The molecule has 1 aromatic carbocycles. The Kier molecular flexibility index (Phi) is 10.7. The van der Waals surface area contributed by atoms with E-state index in [1.165, 1.54) is 5.56 Å². The van der Waals surface area contributed by atoms with Crippen LogP contribution in [-0.2, 0) is 16.1 Å². The van der Waals surface area contributed by atoms with Crippen molar-refractivity contribution in [3.05, 3.63) is 29.8 Å². The van der Waals surface area contributed by atoms with Crippen LogP contribution in [0, 0.1) is 0 Å². The van der Waals surface area contributed by atoms with Crippen LogP contribution in [0.4, 0.5) is 0 Å². The number of benzene rings is 1. The van der Waals surface area contributed by atoms with Crippen molar-refractivity contribution in [2.75, 3.05) is 45.9 Å². The van der Waals surface area contributed by atoms with E-state index in [1.54, 1.807) is 0 Å². The number of carbonyl (C=O) groups is 2. The molecule has 0 unspecified atom stereocenters. The zero-order chi connectivity index (χ0) is 21.8. The smallest absolute Gasteiger partial charge is 0.222 e. The highest BCUT2D eigenvalue weighted by Gasteiger charge is 2.21. The predicted octanol–water partition coefficient (Wildman–Crippen LogP) is 3.55. The largest absolute Gasteiger partial charge is 0.494 e. The van der Waals surface area contributed by atoms with Gasteiger partial charge in [-0.1, -0.05) is 26.0 Å². The van der Waals surface area contributed by atoms with Crippen LogP contribution in [0.2, 0.25) is 0 Å². The fourth-order valence-corrected chi connectivity index (χ4v) is 3.88. The van der Waals surface area contributed by atoms with E-state index in [1.807, 2.05) is 28.9 Å². The van der Waals surface area contributed by atoms with E-state index in [9.17, 15) is 9.59 Å². The van der Waals surface area contributed by atoms with Gasteiger partial charge in [0.2, 0.25) is 11.8 Å². The van der Waals surface area contributed by atoms with Gasteiger partial charge < -0.3 is 14.5 Å². The molecular formula is C24H39N3O3. The summed E-state index contributed by atoms with van der Waals surface area (Å²) >= 11 is 0. The molecule has 1 heterocycles. The van der Waals surface area contributed by atoms with E-state index in [2.05, 4.69) is 30.9 Å². The summed E-state index contributed by atoms with van der Waals surface area (Å²) in [6.07, 6.45) is 3.55. The zero-order valence-electron chi connectivity index (χ0n) is 19.1. The highest BCUT2D eigenvalue weighted by atomic mass is 16.5. The van der Waals surface area contributed by atoms with Crippen molar-refractivity contribution in [3.8, 4) is 5.75 Å². The third-order valence-electron chi connectivity index (χ3n) is 5.49. The Morgan fingerprint density at radius 2 is 1.57 bits per heavy atom. The molecule has 0 N–H and O–H groups in total. The molecule has 1 aliphatic heterocycles. The maximum absolute atomic E-state index is 12.5. The summed E-state index contributed by atoms with van der Waals surface area (Å²) < 4.78 is 5.49. The van der Waals surface area contributed by atoms with Gasteiger partial charge in [0.25, 0.3) is 0 Å². The van der Waals surface area contributed by atoms with E-state index < -0.39 is 0 Å². The third kappa shape index (κ3) is 7.98. The van der Waals surface area contributed by atoms with E-state index >= 15 is 0 Å². The standard InChI is InChI=1S/C24H39N3O3/c1-4-14-26(15-5-2)23(28)8-7-9-24(29)27-18-16-25(17-19-27)20-21-10-12-22(13-11-21)30-6-3/h10-13H,4-9,14-20H2,1-3H3. The number of piperazine rings is 1. The number of ether oxygens (including phenoxy) is 1. The van der Waals surface area contributed by atoms with Gasteiger partial charge in [-0.15, -0.1) is 0 Å². The molecule has 0 atom stereocenters. The van der Waals surface area contributed by atoms with Gasteiger partial charge in [0, 0.05) is 58.7 Å². The van der Waals surface area contributed by atoms with Gasteiger partial charge in [0.05, 0.1) is 6.61 Å². The lowest BCUT2D eigenvalue weighted by Crippen LogP contribution is -2.48. The van der Waals surface area contributed by atoms with Crippen molar-refractivity contribution in [2.45, 2.75) is 59.4 Å². The van der Waals surface area contributed by atoms with E-state index in [4.69, 9.17) is 4.74 Å². The minimum atomic E-state index is 0.182. The van der Waals surface area contributed by atoms with Gasteiger partial charge in [0.1, 0.15) is 5.75 Å². The molecule has 6 heteroatoms. The molecule has 30 heavy (non-hydrogen) atoms. The summed E-state index contributed by atoms with van der Waals surface area (Å²) in [5.41, 5.74) is 1.26. The fourth-order valence-electron chi connectivity index (χ4n) is 3.88. The van der Waals surface area contributed by atoms with E-state index in [0.717, 1.165) is 64.4 Å². The first kappa shape index (κ1) is 24.2. The van der Waals surface area contributed by atoms with Crippen molar-refractivity contribution in [1.29, 1.82) is 0 Å². The summed E-state index contributed by atoms with van der Waals surface area (Å²) in [5, 5.41) is 0. The first-order valence-corrected chi connectivity index (χ1v) is 11.6. The van der Waals surface area contributed by atoms with Gasteiger partial charge in [-0.3, -0.25) is 14.5 Å². The van der Waals surface area contributed by atoms with E-state index in [-0.39, 0.29) is 11.8 Å². The number of hydrogen-bond acceptors (Lipinski definition) is 4. The molecule has 0 aliphatic carbocycles. The van der Waals surface area contributed by atoms with Crippen LogP contribution in [0.15, 0.2) is 24.3 Å². The molecule has 0 radical (unpaired) electrons. The Hall–Kier alpha value is -2.08. The van der Waals surface area contributed by atoms with Crippen LogP contribution >= 0.6 is 0 Å². The molecule has 1 aliphatic rings. The Morgan fingerprint density at radius 1 is 0.933 bits per heavy atom. The molecule has 2 amide bonds. The number of hydrogen-bond donors (Lipinski definition) is 0. The summed E-state index contributed by atoms with van der Waals surface area (Å²) in [4.78, 5) is 31.1. The topological polar surface area (TPSA) is 53.1 Å². The summed E-state index contributed by atoms with van der Waals surface area (Å²) in [7, 11) is 0. The Balaban J connectivity index is 1.67. The predicted molar refractivity (Wildman–Crippen MR) is 120 cm³/mol. The number of nitrogens with zero attached hydrogens (tertiary/aromatic N) is 3. The first-order valence-electron chi connectivity index (χ1n) is 11.6. The lowest BCUT2D eigenvalue weighted by Gasteiger charge is -2.35. The Morgan fingerprint density at radius 3 is 2.13 bits per heavy atom. The molecule has 0 aromatic heterocycles. The second-order valence-electron chi connectivity index (χ2n) is 7.97. The third-order valence-corrected chi connectivity index (χ3v) is 5.49. The zero-order valence-corrected chi connectivity index (χ0v) is 19.1. The van der Waals surface area contributed by atoms with Crippen LogP contribution in [0.25, 0.3) is 0 Å². The molecule has 168 valence electrons. The average Bonchev–Trinajstić information content (AvgIpc) is 2.75. The minimum absolute atomic E-state index is 0.182. The lowest BCUT2D eigenvalue weighted by molar-refractivity contribution is -0.134. The molecule has 0 bridgehead atoms. The van der Waals surface area contributed by atoms with Crippen molar-refractivity contribution in [3.63, 3.8) is 0 Å². The van der Waals surface area contributed by atoms with Crippen LogP contribution in [0.1, 0.15) is 58.4 Å². The average molecular weight is 418 g/mol. The quantitative estimate of drug-likeness (QED) is 0.522. The first-order chi connectivity index (χ1) is 14.6. The van der Waals surface area contributed by atoms with E-state index in [0.29, 0.717) is 25.9 Å². The Labute approximate surface area is 182 Å². The van der Waals surface area contributed by atoms with Gasteiger partial charge in [-0.05, 0) is 43.9 Å². The molecule has 0 saturated carbocycles. The van der Waals surface area contributed by atoms with Gasteiger partial charge in [-0.2, -0.15) is 0 Å². The molecule has 2 rings (SSSR count). The molecule has 1 saturated heterocycles. The molecule has 0 spiro atoms.